The average molecular weight is 298 g/mol. The van der Waals surface area contributed by atoms with Gasteiger partial charge in [0.05, 0.1) is 0 Å². The number of aryl methyl sites for hydroxylation is 1. The molecule has 0 heterocycles. The summed E-state index contributed by atoms with van der Waals surface area (Å²) in [5.74, 6) is -1.22. The Bertz CT molecular complexity index is 692. The first-order chi connectivity index (χ1) is 10.5. The number of hydrogen-bond acceptors (Lipinski definition) is 2. The highest BCUT2D eigenvalue weighted by molar-refractivity contribution is 5.97. The number of nitrogens with one attached hydrogen (secondary N) is 2. The van der Waals surface area contributed by atoms with Gasteiger partial charge in [0.25, 0.3) is 11.8 Å². The van der Waals surface area contributed by atoms with Crippen LogP contribution in [0.3, 0.4) is 0 Å². The third-order valence-corrected chi connectivity index (χ3v) is 2.91. The van der Waals surface area contributed by atoms with Crippen LogP contribution in [0, 0.1) is 12.7 Å². The van der Waals surface area contributed by atoms with Crippen LogP contribution < -0.4 is 10.9 Å². The van der Waals surface area contributed by atoms with Crippen LogP contribution in [0.2, 0.25) is 0 Å². The summed E-state index contributed by atoms with van der Waals surface area (Å²) in [4.78, 5) is 23.4. The topological polar surface area (TPSA) is 58.2 Å². The van der Waals surface area contributed by atoms with E-state index in [4.69, 9.17) is 0 Å². The predicted octanol–water partition coefficient (Wildman–Crippen LogP) is 2.61. The third kappa shape index (κ3) is 4.56. The molecule has 2 N–H and O–H groups in total. The van der Waals surface area contributed by atoms with E-state index in [0.717, 1.165) is 5.56 Å². The van der Waals surface area contributed by atoms with E-state index in [2.05, 4.69) is 10.9 Å². The van der Waals surface area contributed by atoms with Crippen LogP contribution in [0.1, 0.15) is 21.5 Å². The second-order valence-electron chi connectivity index (χ2n) is 4.69. The molecular weight excluding hydrogens is 283 g/mol. The maximum absolute atomic E-state index is 12.7. The summed E-state index contributed by atoms with van der Waals surface area (Å²) in [5, 5.41) is 0. The predicted molar refractivity (Wildman–Crippen MR) is 82.2 cm³/mol. The monoisotopic (exact) mass is 298 g/mol. The van der Waals surface area contributed by atoms with Crippen molar-refractivity contribution in [3.05, 3.63) is 77.1 Å². The molecule has 0 saturated heterocycles. The number of carbonyl (C=O) groups excluding carboxylic acids is 2. The van der Waals surface area contributed by atoms with Crippen molar-refractivity contribution < 1.29 is 14.0 Å². The van der Waals surface area contributed by atoms with E-state index in [9.17, 15) is 14.0 Å². The molecule has 0 bridgehead atoms. The number of rotatable bonds is 3. The summed E-state index contributed by atoms with van der Waals surface area (Å²) < 4.78 is 12.7. The molecule has 5 heteroatoms. The van der Waals surface area contributed by atoms with Gasteiger partial charge in [-0.2, -0.15) is 0 Å². The van der Waals surface area contributed by atoms with E-state index < -0.39 is 11.8 Å². The molecule has 0 fully saturated rings. The molecule has 0 unspecified atom stereocenters. The minimum absolute atomic E-state index is 0.341. The van der Waals surface area contributed by atoms with E-state index in [1.165, 1.54) is 24.3 Å². The lowest BCUT2D eigenvalue weighted by Crippen LogP contribution is -2.40. The molecule has 0 aromatic heterocycles. The first kappa shape index (κ1) is 15.4. The summed E-state index contributed by atoms with van der Waals surface area (Å²) in [6.07, 6.45) is 2.77. The highest BCUT2D eigenvalue weighted by atomic mass is 19.1. The van der Waals surface area contributed by atoms with Crippen LogP contribution in [-0.2, 0) is 4.79 Å². The maximum Gasteiger partial charge on any atom is 0.269 e. The van der Waals surface area contributed by atoms with Crippen molar-refractivity contribution in [2.75, 3.05) is 0 Å². The van der Waals surface area contributed by atoms with Gasteiger partial charge in [0, 0.05) is 11.6 Å². The fourth-order valence-corrected chi connectivity index (χ4v) is 1.68. The molecule has 2 amide bonds. The number of halogens is 1. The largest absolute Gasteiger partial charge is 0.269 e. The van der Waals surface area contributed by atoms with Gasteiger partial charge in [0.2, 0.25) is 0 Å². The van der Waals surface area contributed by atoms with Gasteiger partial charge in [0.15, 0.2) is 0 Å². The van der Waals surface area contributed by atoms with Crippen molar-refractivity contribution in [2.24, 2.45) is 0 Å². The van der Waals surface area contributed by atoms with Gasteiger partial charge in [-0.05, 0) is 42.8 Å². The molecule has 0 aliphatic heterocycles. The molecule has 0 saturated carbocycles. The van der Waals surface area contributed by atoms with Crippen molar-refractivity contribution in [2.45, 2.75) is 6.92 Å². The van der Waals surface area contributed by atoms with Crippen LogP contribution in [0.15, 0.2) is 54.6 Å². The van der Waals surface area contributed by atoms with Gasteiger partial charge in [-0.3, -0.25) is 20.4 Å². The van der Waals surface area contributed by atoms with E-state index in [1.54, 1.807) is 24.3 Å². The third-order valence-electron chi connectivity index (χ3n) is 2.91. The first-order valence-electron chi connectivity index (χ1n) is 6.65. The summed E-state index contributed by atoms with van der Waals surface area (Å²) in [7, 11) is 0. The summed E-state index contributed by atoms with van der Waals surface area (Å²) >= 11 is 0. The maximum atomic E-state index is 12.7. The average Bonchev–Trinajstić information content (AvgIpc) is 2.52. The van der Waals surface area contributed by atoms with Crippen LogP contribution in [0.5, 0.6) is 0 Å². The van der Waals surface area contributed by atoms with Crippen LogP contribution >= 0.6 is 0 Å². The summed E-state index contributed by atoms with van der Waals surface area (Å²) in [6.45, 7) is 1.92. The van der Waals surface area contributed by atoms with E-state index in [-0.39, 0.29) is 5.82 Å². The number of carbonyl (C=O) groups is 2. The second kappa shape index (κ2) is 7.17. The molecule has 2 rings (SSSR count). The van der Waals surface area contributed by atoms with Gasteiger partial charge in [-0.1, -0.05) is 29.8 Å². The Balaban J connectivity index is 1.86. The van der Waals surface area contributed by atoms with Gasteiger partial charge in [-0.15, -0.1) is 0 Å². The number of benzene rings is 2. The van der Waals surface area contributed by atoms with Crippen LogP contribution in [-0.4, -0.2) is 11.8 Å². The Morgan fingerprint density at radius 2 is 1.59 bits per heavy atom. The Kier molecular flexibility index (Phi) is 5.03. The minimum atomic E-state index is -0.482. The van der Waals surface area contributed by atoms with Crippen molar-refractivity contribution in [3.8, 4) is 0 Å². The van der Waals surface area contributed by atoms with E-state index in [1.807, 2.05) is 19.1 Å². The normalized spacial score (nSPS) is 10.5. The molecule has 0 atom stereocenters. The molecule has 22 heavy (non-hydrogen) atoms. The molecule has 112 valence electrons. The summed E-state index contributed by atoms with van der Waals surface area (Å²) in [6, 6.07) is 12.7. The zero-order chi connectivity index (χ0) is 15.9. The van der Waals surface area contributed by atoms with E-state index in [0.29, 0.717) is 11.1 Å². The van der Waals surface area contributed by atoms with Crippen molar-refractivity contribution in [1.29, 1.82) is 0 Å². The van der Waals surface area contributed by atoms with Gasteiger partial charge < -0.3 is 0 Å². The molecule has 0 aliphatic carbocycles. The molecule has 0 spiro atoms. The smallest absolute Gasteiger partial charge is 0.268 e. The van der Waals surface area contributed by atoms with Gasteiger partial charge >= 0.3 is 0 Å². The fraction of sp³-hybridized carbons (Fsp3) is 0.0588. The van der Waals surface area contributed by atoms with Crippen molar-refractivity contribution in [1.82, 2.24) is 10.9 Å². The second-order valence-corrected chi connectivity index (χ2v) is 4.69. The first-order valence-corrected chi connectivity index (χ1v) is 6.65. The van der Waals surface area contributed by atoms with Crippen LogP contribution in [0.25, 0.3) is 6.08 Å². The Hall–Kier alpha value is -2.95. The summed E-state index contributed by atoms with van der Waals surface area (Å²) in [5.41, 5.74) is 6.77. The number of hydrogen-bond donors (Lipinski definition) is 2. The molecule has 2 aromatic carbocycles. The molecule has 2 aromatic rings. The van der Waals surface area contributed by atoms with Gasteiger partial charge in [-0.25, -0.2) is 4.39 Å². The van der Waals surface area contributed by atoms with Crippen LogP contribution in [0.4, 0.5) is 4.39 Å². The standard InChI is InChI=1S/C17H15FN2O2/c1-12-2-7-14(8-3-12)17(22)20-19-16(21)11-6-13-4-9-15(18)10-5-13/h2-11H,1H3,(H,19,21)(H,20,22). The van der Waals surface area contributed by atoms with Crippen molar-refractivity contribution in [3.63, 3.8) is 0 Å². The lowest BCUT2D eigenvalue weighted by atomic mass is 10.1. The lowest BCUT2D eigenvalue weighted by Gasteiger charge is -2.05. The molecule has 0 radical (unpaired) electrons. The zero-order valence-corrected chi connectivity index (χ0v) is 12.0. The highest BCUT2D eigenvalue weighted by Crippen LogP contribution is 2.04. The zero-order valence-electron chi connectivity index (χ0n) is 12.0. The number of amides is 2. The molecule has 4 nitrogen and oxygen atoms in total. The molecule has 0 aliphatic rings. The Labute approximate surface area is 127 Å². The highest BCUT2D eigenvalue weighted by Gasteiger charge is 2.05. The Morgan fingerprint density at radius 1 is 0.955 bits per heavy atom. The fourth-order valence-electron chi connectivity index (χ4n) is 1.68. The minimum Gasteiger partial charge on any atom is -0.268 e. The van der Waals surface area contributed by atoms with Gasteiger partial charge in [0.1, 0.15) is 5.82 Å². The Morgan fingerprint density at radius 3 is 2.23 bits per heavy atom. The van der Waals surface area contributed by atoms with Crippen molar-refractivity contribution >= 4 is 17.9 Å². The lowest BCUT2D eigenvalue weighted by molar-refractivity contribution is -0.117. The quantitative estimate of drug-likeness (QED) is 0.676. The number of hydrazine groups is 1. The SMILES string of the molecule is Cc1ccc(C(=O)NNC(=O)C=Cc2ccc(F)cc2)cc1. The van der Waals surface area contributed by atoms with E-state index >= 15 is 0 Å². The molecular formula is C17H15FN2O2.